The summed E-state index contributed by atoms with van der Waals surface area (Å²) in [5.74, 6) is 1.01. The molecular formula is C22H27NO5. The van der Waals surface area contributed by atoms with Gasteiger partial charge < -0.3 is 24.4 Å². The summed E-state index contributed by atoms with van der Waals surface area (Å²) in [5.41, 5.74) is 2.06. The molecule has 0 bridgehead atoms. The van der Waals surface area contributed by atoms with Gasteiger partial charge in [0.25, 0.3) is 0 Å². The van der Waals surface area contributed by atoms with Crippen LogP contribution < -0.4 is 9.47 Å². The minimum Gasteiger partial charge on any atom is -0.497 e. The van der Waals surface area contributed by atoms with Gasteiger partial charge in [-0.05, 0) is 43.7 Å². The number of benzene rings is 2. The molecule has 0 aliphatic rings. The normalized spacial score (nSPS) is 11.5. The van der Waals surface area contributed by atoms with E-state index in [9.17, 15) is 4.79 Å². The van der Waals surface area contributed by atoms with Crippen molar-refractivity contribution in [1.29, 1.82) is 5.41 Å². The lowest BCUT2D eigenvalue weighted by Crippen LogP contribution is -2.28. The van der Waals surface area contributed by atoms with Gasteiger partial charge in [0.15, 0.2) is 6.10 Å². The second-order valence-electron chi connectivity index (χ2n) is 6.04. The van der Waals surface area contributed by atoms with Crippen molar-refractivity contribution < 1.29 is 23.7 Å². The summed E-state index contributed by atoms with van der Waals surface area (Å²) in [6.07, 6.45) is -0.176. The van der Waals surface area contributed by atoms with E-state index in [1.165, 1.54) is 0 Å². The zero-order chi connectivity index (χ0) is 20.4. The highest BCUT2D eigenvalue weighted by Crippen LogP contribution is 2.17. The van der Waals surface area contributed by atoms with Gasteiger partial charge in [0.2, 0.25) is 0 Å². The Labute approximate surface area is 165 Å². The SMILES string of the molecule is CCOC(=O)C(Cc1ccc(OCC(=N)c2cccc(OC)c2)cc1)OCC. The fourth-order valence-electron chi connectivity index (χ4n) is 2.63. The van der Waals surface area contributed by atoms with Gasteiger partial charge in [0.05, 0.1) is 19.4 Å². The molecule has 2 aromatic rings. The predicted molar refractivity (Wildman–Crippen MR) is 108 cm³/mol. The maximum atomic E-state index is 12.0. The van der Waals surface area contributed by atoms with Crippen molar-refractivity contribution >= 4 is 11.7 Å². The van der Waals surface area contributed by atoms with Gasteiger partial charge in [-0.3, -0.25) is 0 Å². The number of hydrogen-bond donors (Lipinski definition) is 1. The van der Waals surface area contributed by atoms with Crippen LogP contribution in [-0.4, -0.2) is 44.7 Å². The second kappa shape index (κ2) is 11.1. The third-order valence-corrected chi connectivity index (χ3v) is 4.06. The van der Waals surface area contributed by atoms with Gasteiger partial charge in [-0.25, -0.2) is 4.79 Å². The molecular weight excluding hydrogens is 358 g/mol. The van der Waals surface area contributed by atoms with Crippen molar-refractivity contribution in [3.8, 4) is 11.5 Å². The van der Waals surface area contributed by atoms with Crippen LogP contribution in [0.4, 0.5) is 0 Å². The molecule has 0 spiro atoms. The van der Waals surface area contributed by atoms with Crippen LogP contribution in [0.2, 0.25) is 0 Å². The first kappa shape index (κ1) is 21.4. The van der Waals surface area contributed by atoms with Crippen LogP contribution >= 0.6 is 0 Å². The first-order valence-electron chi connectivity index (χ1n) is 9.29. The Bertz CT molecular complexity index is 773. The molecule has 0 aromatic heterocycles. The van der Waals surface area contributed by atoms with Crippen molar-refractivity contribution in [2.24, 2.45) is 0 Å². The summed E-state index contributed by atoms with van der Waals surface area (Å²) in [4.78, 5) is 12.0. The monoisotopic (exact) mass is 385 g/mol. The summed E-state index contributed by atoms with van der Waals surface area (Å²) in [6, 6.07) is 14.7. The van der Waals surface area contributed by atoms with Crippen molar-refractivity contribution in [1.82, 2.24) is 0 Å². The van der Waals surface area contributed by atoms with Crippen molar-refractivity contribution in [3.63, 3.8) is 0 Å². The van der Waals surface area contributed by atoms with Crippen LogP contribution in [0, 0.1) is 5.41 Å². The Balaban J connectivity index is 1.92. The number of carbonyl (C=O) groups excluding carboxylic acids is 1. The summed E-state index contributed by atoms with van der Waals surface area (Å²) in [5, 5.41) is 8.17. The molecule has 0 fully saturated rings. The molecule has 1 unspecified atom stereocenters. The molecule has 0 saturated carbocycles. The highest BCUT2D eigenvalue weighted by molar-refractivity contribution is 5.99. The number of esters is 1. The molecule has 6 heteroatoms. The average Bonchev–Trinajstić information content (AvgIpc) is 2.72. The highest BCUT2D eigenvalue weighted by Gasteiger charge is 2.20. The number of rotatable bonds is 11. The van der Waals surface area contributed by atoms with Crippen LogP contribution in [0.5, 0.6) is 11.5 Å². The van der Waals surface area contributed by atoms with Crippen molar-refractivity contribution in [2.45, 2.75) is 26.4 Å². The number of carbonyl (C=O) groups is 1. The molecule has 2 rings (SSSR count). The molecule has 1 atom stereocenters. The molecule has 2 aromatic carbocycles. The lowest BCUT2D eigenvalue weighted by Gasteiger charge is -2.16. The summed E-state index contributed by atoms with van der Waals surface area (Å²) in [6.45, 7) is 4.54. The quantitative estimate of drug-likeness (QED) is 0.472. The Morgan fingerprint density at radius 1 is 1.04 bits per heavy atom. The van der Waals surface area contributed by atoms with Gasteiger partial charge >= 0.3 is 5.97 Å². The summed E-state index contributed by atoms with van der Waals surface area (Å²) < 4.78 is 21.4. The lowest BCUT2D eigenvalue weighted by atomic mass is 10.1. The van der Waals surface area contributed by atoms with Gasteiger partial charge in [0, 0.05) is 18.6 Å². The Kier molecular flexibility index (Phi) is 8.49. The van der Waals surface area contributed by atoms with Gasteiger partial charge in [-0.15, -0.1) is 0 Å². The third kappa shape index (κ3) is 6.39. The van der Waals surface area contributed by atoms with E-state index in [2.05, 4.69) is 0 Å². The lowest BCUT2D eigenvalue weighted by molar-refractivity contribution is -0.156. The first-order valence-corrected chi connectivity index (χ1v) is 9.29. The molecule has 6 nitrogen and oxygen atoms in total. The number of methoxy groups -OCH3 is 1. The van der Waals surface area contributed by atoms with E-state index in [-0.39, 0.29) is 12.6 Å². The number of ether oxygens (including phenoxy) is 4. The van der Waals surface area contributed by atoms with Gasteiger partial charge in [-0.2, -0.15) is 0 Å². The average molecular weight is 385 g/mol. The summed E-state index contributed by atoms with van der Waals surface area (Å²) in [7, 11) is 1.60. The number of nitrogens with one attached hydrogen (secondary N) is 1. The maximum Gasteiger partial charge on any atom is 0.335 e. The molecule has 0 heterocycles. The van der Waals surface area contributed by atoms with E-state index < -0.39 is 6.10 Å². The van der Waals surface area contributed by atoms with Crippen LogP contribution in [-0.2, 0) is 20.7 Å². The molecule has 1 N–H and O–H groups in total. The van der Waals surface area contributed by atoms with E-state index in [0.717, 1.165) is 11.1 Å². The van der Waals surface area contributed by atoms with Crippen LogP contribution in [0.1, 0.15) is 25.0 Å². The molecule has 0 aliphatic carbocycles. The van der Waals surface area contributed by atoms with E-state index in [0.29, 0.717) is 36.8 Å². The van der Waals surface area contributed by atoms with Crippen LogP contribution in [0.25, 0.3) is 0 Å². The highest BCUT2D eigenvalue weighted by atomic mass is 16.6. The van der Waals surface area contributed by atoms with Crippen LogP contribution in [0.15, 0.2) is 48.5 Å². The Hall–Kier alpha value is -2.86. The topological polar surface area (TPSA) is 77.8 Å². The first-order chi connectivity index (χ1) is 13.6. The molecule has 28 heavy (non-hydrogen) atoms. The zero-order valence-electron chi connectivity index (χ0n) is 16.6. The van der Waals surface area contributed by atoms with Crippen molar-refractivity contribution in [3.05, 3.63) is 59.7 Å². The predicted octanol–water partition coefficient (Wildman–Crippen LogP) is 3.65. The Morgan fingerprint density at radius 3 is 2.43 bits per heavy atom. The maximum absolute atomic E-state index is 12.0. The van der Waals surface area contributed by atoms with E-state index >= 15 is 0 Å². The van der Waals surface area contributed by atoms with E-state index in [1.54, 1.807) is 20.1 Å². The van der Waals surface area contributed by atoms with Gasteiger partial charge in [-0.1, -0.05) is 24.3 Å². The molecule has 0 amide bonds. The largest absolute Gasteiger partial charge is 0.497 e. The van der Waals surface area contributed by atoms with Gasteiger partial charge in [0.1, 0.15) is 18.1 Å². The molecule has 0 radical (unpaired) electrons. The van der Waals surface area contributed by atoms with Crippen molar-refractivity contribution in [2.75, 3.05) is 26.9 Å². The molecule has 0 aliphatic heterocycles. The third-order valence-electron chi connectivity index (χ3n) is 4.06. The minimum absolute atomic E-state index is 0.150. The summed E-state index contributed by atoms with van der Waals surface area (Å²) >= 11 is 0. The zero-order valence-corrected chi connectivity index (χ0v) is 16.6. The van der Waals surface area contributed by atoms with E-state index in [1.807, 2.05) is 49.4 Å². The van der Waals surface area contributed by atoms with Crippen LogP contribution in [0.3, 0.4) is 0 Å². The smallest absolute Gasteiger partial charge is 0.335 e. The molecule has 150 valence electrons. The minimum atomic E-state index is -0.613. The number of hydrogen-bond acceptors (Lipinski definition) is 6. The molecule has 0 saturated heterocycles. The Morgan fingerprint density at radius 2 is 1.79 bits per heavy atom. The second-order valence-corrected chi connectivity index (χ2v) is 6.04. The van der Waals surface area contributed by atoms with E-state index in [4.69, 9.17) is 24.4 Å². The standard InChI is InChI=1S/C22H27NO5/c1-4-26-21(22(24)27-5-2)13-16-9-11-18(12-10-16)28-15-20(23)17-7-6-8-19(14-17)25-3/h6-12,14,21,23H,4-5,13,15H2,1-3H3. The fraction of sp³-hybridized carbons (Fsp3) is 0.364. The fourth-order valence-corrected chi connectivity index (χ4v) is 2.63.